The van der Waals surface area contributed by atoms with Gasteiger partial charge in [-0.25, -0.2) is 0 Å². The minimum atomic E-state index is -0.504. The lowest BCUT2D eigenvalue weighted by atomic mass is 9.97. The van der Waals surface area contributed by atoms with Gasteiger partial charge in [-0.1, -0.05) is 48.4 Å². The number of phenolic OH excluding ortho intramolecular Hbond substituents is 1. The van der Waals surface area contributed by atoms with Gasteiger partial charge in [-0.2, -0.15) is 5.26 Å². The fraction of sp³-hybridized carbons (Fsp3) is 0.143. The zero-order chi connectivity index (χ0) is 18.8. The molecule has 0 atom stereocenters. The largest absolute Gasteiger partial charge is 0.507 e. The summed E-state index contributed by atoms with van der Waals surface area (Å²) in [5, 5.41) is 20.3. The number of aromatic nitrogens is 1. The van der Waals surface area contributed by atoms with Gasteiger partial charge >= 0.3 is 0 Å². The highest BCUT2D eigenvalue weighted by atomic mass is 35.5. The van der Waals surface area contributed by atoms with Crippen LogP contribution in [0.5, 0.6) is 5.75 Å². The Kier molecular flexibility index (Phi) is 4.83. The maximum atomic E-state index is 12.4. The topological polar surface area (TPSA) is 76.9 Å². The number of aromatic amines is 1. The summed E-state index contributed by atoms with van der Waals surface area (Å²) in [6.45, 7) is 3.91. The van der Waals surface area contributed by atoms with E-state index in [1.165, 1.54) is 0 Å². The van der Waals surface area contributed by atoms with Crippen LogP contribution in [0.3, 0.4) is 0 Å². The number of nitrogens with one attached hydrogen (secondary N) is 1. The first-order chi connectivity index (χ1) is 12.4. The fourth-order valence-corrected chi connectivity index (χ4v) is 3.17. The molecule has 0 fully saturated rings. The summed E-state index contributed by atoms with van der Waals surface area (Å²) < 4.78 is 0. The van der Waals surface area contributed by atoms with Crippen LogP contribution in [0.1, 0.15) is 23.6 Å². The van der Waals surface area contributed by atoms with Crippen molar-refractivity contribution in [3.05, 3.63) is 74.5 Å². The lowest BCUT2D eigenvalue weighted by molar-refractivity contribution is 0.476. The Morgan fingerprint density at radius 3 is 2.46 bits per heavy atom. The van der Waals surface area contributed by atoms with Crippen molar-refractivity contribution >= 4 is 11.6 Å². The molecule has 26 heavy (non-hydrogen) atoms. The molecule has 0 amide bonds. The summed E-state index contributed by atoms with van der Waals surface area (Å²) in [5.74, 6) is 0.0291. The van der Waals surface area contributed by atoms with Gasteiger partial charge in [0.2, 0.25) is 0 Å². The van der Waals surface area contributed by atoms with Gasteiger partial charge in [-0.3, -0.25) is 4.79 Å². The SMILES string of the molecule is CCc1cc(O)c(-c2cc(-c3ccc(C)cc3)c(C#N)c(=O)[nH]2)cc1Cl. The zero-order valence-electron chi connectivity index (χ0n) is 14.4. The van der Waals surface area contributed by atoms with E-state index in [-0.39, 0.29) is 11.3 Å². The molecule has 2 aromatic carbocycles. The Morgan fingerprint density at radius 2 is 1.85 bits per heavy atom. The van der Waals surface area contributed by atoms with E-state index in [9.17, 15) is 15.2 Å². The first-order valence-corrected chi connectivity index (χ1v) is 8.58. The zero-order valence-corrected chi connectivity index (χ0v) is 15.2. The molecular formula is C21H17ClN2O2. The van der Waals surface area contributed by atoms with Crippen LogP contribution in [0.25, 0.3) is 22.4 Å². The first kappa shape index (κ1) is 17.8. The molecule has 4 nitrogen and oxygen atoms in total. The summed E-state index contributed by atoms with van der Waals surface area (Å²) in [6.07, 6.45) is 0.686. The van der Waals surface area contributed by atoms with Crippen molar-refractivity contribution in [2.75, 3.05) is 0 Å². The molecule has 0 spiro atoms. The van der Waals surface area contributed by atoms with Crippen LogP contribution in [0.15, 0.2) is 47.3 Å². The van der Waals surface area contributed by atoms with E-state index in [1.807, 2.05) is 44.2 Å². The summed E-state index contributed by atoms with van der Waals surface area (Å²) >= 11 is 6.27. The van der Waals surface area contributed by atoms with Crippen molar-refractivity contribution < 1.29 is 5.11 Å². The minimum Gasteiger partial charge on any atom is -0.507 e. The van der Waals surface area contributed by atoms with E-state index in [1.54, 1.807) is 18.2 Å². The van der Waals surface area contributed by atoms with Gasteiger partial charge in [0.05, 0.1) is 5.69 Å². The van der Waals surface area contributed by atoms with Crippen molar-refractivity contribution in [1.82, 2.24) is 4.98 Å². The molecule has 1 heterocycles. The normalized spacial score (nSPS) is 10.5. The average Bonchev–Trinajstić information content (AvgIpc) is 2.63. The number of benzene rings is 2. The number of nitriles is 1. The second kappa shape index (κ2) is 7.07. The maximum absolute atomic E-state index is 12.4. The second-order valence-electron chi connectivity index (χ2n) is 6.09. The standard InChI is InChI=1S/C21H17ClN2O2/c1-3-13-8-20(25)16(9-18(13)22)19-10-15(17(11-23)21(26)24-19)14-6-4-12(2)5-7-14/h4-10,25H,3H2,1-2H3,(H,24,26). The highest BCUT2D eigenvalue weighted by Crippen LogP contribution is 2.35. The highest BCUT2D eigenvalue weighted by Gasteiger charge is 2.15. The number of aromatic hydroxyl groups is 1. The first-order valence-electron chi connectivity index (χ1n) is 8.20. The van der Waals surface area contributed by atoms with Crippen LogP contribution in [-0.4, -0.2) is 10.1 Å². The minimum absolute atomic E-state index is 0.0291. The number of halogens is 1. The molecule has 2 N–H and O–H groups in total. The van der Waals surface area contributed by atoms with Crippen molar-refractivity contribution in [3.8, 4) is 34.2 Å². The number of hydrogen-bond acceptors (Lipinski definition) is 3. The van der Waals surface area contributed by atoms with Gasteiger partial charge in [-0.05, 0) is 42.7 Å². The van der Waals surface area contributed by atoms with Crippen LogP contribution in [0.4, 0.5) is 0 Å². The van der Waals surface area contributed by atoms with E-state index < -0.39 is 5.56 Å². The molecular weight excluding hydrogens is 348 g/mol. The molecule has 0 radical (unpaired) electrons. The smallest absolute Gasteiger partial charge is 0.266 e. The quantitative estimate of drug-likeness (QED) is 0.700. The molecule has 0 aliphatic carbocycles. The third-order valence-electron chi connectivity index (χ3n) is 4.34. The lowest BCUT2D eigenvalue weighted by Crippen LogP contribution is -2.12. The number of aryl methyl sites for hydroxylation is 2. The highest BCUT2D eigenvalue weighted by molar-refractivity contribution is 6.31. The number of pyridine rings is 1. The third-order valence-corrected chi connectivity index (χ3v) is 4.70. The number of rotatable bonds is 3. The summed E-state index contributed by atoms with van der Waals surface area (Å²) in [5.41, 5.74) is 3.54. The lowest BCUT2D eigenvalue weighted by Gasteiger charge is -2.11. The Balaban J connectivity index is 2.25. The van der Waals surface area contributed by atoms with E-state index >= 15 is 0 Å². The van der Waals surface area contributed by atoms with Gasteiger partial charge in [0.25, 0.3) is 5.56 Å². The molecule has 0 bridgehead atoms. The van der Waals surface area contributed by atoms with Gasteiger partial charge in [0, 0.05) is 16.1 Å². The molecule has 0 unspecified atom stereocenters. The number of H-pyrrole nitrogens is 1. The summed E-state index contributed by atoms with van der Waals surface area (Å²) in [6, 6.07) is 14.5. The molecule has 0 aliphatic rings. The summed E-state index contributed by atoms with van der Waals surface area (Å²) in [7, 11) is 0. The molecule has 3 aromatic rings. The molecule has 0 saturated heterocycles. The number of phenols is 1. The predicted octanol–water partition coefficient (Wildman–Crippen LogP) is 4.81. The van der Waals surface area contributed by atoms with E-state index in [0.717, 1.165) is 16.7 Å². The predicted molar refractivity (Wildman–Crippen MR) is 103 cm³/mol. The van der Waals surface area contributed by atoms with Gasteiger partial charge < -0.3 is 10.1 Å². The Labute approximate surface area is 156 Å². The number of nitrogens with zero attached hydrogens (tertiary/aromatic N) is 1. The third kappa shape index (κ3) is 3.22. The molecule has 0 saturated carbocycles. The Morgan fingerprint density at radius 1 is 1.15 bits per heavy atom. The van der Waals surface area contributed by atoms with Crippen molar-refractivity contribution in [2.45, 2.75) is 20.3 Å². The molecule has 3 rings (SSSR count). The van der Waals surface area contributed by atoms with Gasteiger partial charge in [-0.15, -0.1) is 0 Å². The van der Waals surface area contributed by atoms with Crippen LogP contribution in [0.2, 0.25) is 5.02 Å². The average molecular weight is 365 g/mol. The Hall–Kier alpha value is -3.03. The van der Waals surface area contributed by atoms with E-state index in [2.05, 4.69) is 4.98 Å². The molecule has 1 aromatic heterocycles. The molecule has 130 valence electrons. The summed E-state index contributed by atoms with van der Waals surface area (Å²) in [4.78, 5) is 15.1. The van der Waals surface area contributed by atoms with Gasteiger partial charge in [0.1, 0.15) is 17.4 Å². The maximum Gasteiger partial charge on any atom is 0.266 e. The van der Waals surface area contributed by atoms with E-state index in [4.69, 9.17) is 11.6 Å². The van der Waals surface area contributed by atoms with Gasteiger partial charge in [0.15, 0.2) is 0 Å². The fourth-order valence-electron chi connectivity index (χ4n) is 2.87. The van der Waals surface area contributed by atoms with Crippen LogP contribution < -0.4 is 5.56 Å². The van der Waals surface area contributed by atoms with Crippen molar-refractivity contribution in [1.29, 1.82) is 5.26 Å². The number of hydrogen-bond donors (Lipinski definition) is 2. The van der Waals surface area contributed by atoms with Crippen LogP contribution in [-0.2, 0) is 6.42 Å². The van der Waals surface area contributed by atoms with Crippen LogP contribution in [0, 0.1) is 18.3 Å². The second-order valence-corrected chi connectivity index (χ2v) is 6.50. The molecule has 5 heteroatoms. The Bertz CT molecular complexity index is 1080. The molecule has 0 aliphatic heterocycles. The van der Waals surface area contributed by atoms with E-state index in [0.29, 0.717) is 28.3 Å². The van der Waals surface area contributed by atoms with Crippen LogP contribution >= 0.6 is 11.6 Å². The van der Waals surface area contributed by atoms with Crippen molar-refractivity contribution in [3.63, 3.8) is 0 Å². The monoisotopic (exact) mass is 364 g/mol. The van der Waals surface area contributed by atoms with Crippen molar-refractivity contribution in [2.24, 2.45) is 0 Å².